The van der Waals surface area contributed by atoms with Gasteiger partial charge in [0.15, 0.2) is 5.13 Å². The highest BCUT2D eigenvalue weighted by Crippen LogP contribution is 2.65. The first-order valence-corrected chi connectivity index (χ1v) is 12.2. The van der Waals surface area contributed by atoms with Crippen molar-refractivity contribution >= 4 is 44.1 Å². The minimum absolute atomic E-state index is 0.0657. The summed E-state index contributed by atoms with van der Waals surface area (Å²) in [6, 6.07) is 8.22. The highest BCUT2D eigenvalue weighted by molar-refractivity contribution is 9.10. The Bertz CT molecular complexity index is 896. The second-order valence-corrected chi connectivity index (χ2v) is 12.1. The Balaban J connectivity index is 1.16. The maximum Gasteiger partial charge on any atom is 0.306 e. The number of carbonyl (C=O) groups excluding carboxylic acids is 1. The average molecular weight is 475 g/mol. The van der Waals surface area contributed by atoms with E-state index in [0.29, 0.717) is 6.42 Å². The lowest BCUT2D eigenvalue weighted by atomic mass is 9.49. The third-order valence-electron chi connectivity index (χ3n) is 6.87. The van der Waals surface area contributed by atoms with Crippen molar-refractivity contribution in [3.8, 4) is 0 Å². The molecular formula is C23H27BrN2O2S. The zero-order valence-corrected chi connectivity index (χ0v) is 19.2. The third kappa shape index (κ3) is 4.24. The van der Waals surface area contributed by atoms with Crippen molar-refractivity contribution in [3.63, 3.8) is 0 Å². The quantitative estimate of drug-likeness (QED) is 0.390. The van der Waals surface area contributed by atoms with Gasteiger partial charge in [0.25, 0.3) is 0 Å². The fourth-order valence-corrected chi connectivity index (χ4v) is 8.47. The molecule has 6 rings (SSSR count). The van der Waals surface area contributed by atoms with Gasteiger partial charge in [0.2, 0.25) is 0 Å². The molecule has 0 aliphatic heterocycles. The average Bonchev–Trinajstić information content (AvgIpc) is 3.07. The molecule has 154 valence electrons. The van der Waals surface area contributed by atoms with E-state index >= 15 is 0 Å². The molecule has 2 atom stereocenters. The molecule has 4 saturated carbocycles. The van der Waals surface area contributed by atoms with E-state index in [9.17, 15) is 4.79 Å². The lowest BCUT2D eigenvalue weighted by molar-refractivity contribution is -0.152. The maximum absolute atomic E-state index is 12.7. The number of carbonyl (C=O) groups is 1. The van der Waals surface area contributed by atoms with E-state index in [-0.39, 0.29) is 22.3 Å². The van der Waals surface area contributed by atoms with Gasteiger partial charge < -0.3 is 10.1 Å². The van der Waals surface area contributed by atoms with Gasteiger partial charge in [-0.05, 0) is 74.8 Å². The van der Waals surface area contributed by atoms with Crippen molar-refractivity contribution in [2.24, 2.45) is 17.3 Å². The van der Waals surface area contributed by atoms with Gasteiger partial charge in [-0.1, -0.05) is 33.6 Å². The predicted molar refractivity (Wildman–Crippen MR) is 120 cm³/mol. The van der Waals surface area contributed by atoms with E-state index < -0.39 is 0 Å². The highest BCUT2D eigenvalue weighted by Gasteiger charge is 2.57. The smallest absolute Gasteiger partial charge is 0.306 e. The van der Waals surface area contributed by atoms with Crippen molar-refractivity contribution in [3.05, 3.63) is 40.9 Å². The number of nitrogens with one attached hydrogen (secondary N) is 1. The molecule has 4 aliphatic carbocycles. The summed E-state index contributed by atoms with van der Waals surface area (Å²) in [6.07, 6.45) is 8.03. The lowest BCUT2D eigenvalue weighted by Gasteiger charge is -2.60. The molecule has 29 heavy (non-hydrogen) atoms. The van der Waals surface area contributed by atoms with Crippen LogP contribution in [0.5, 0.6) is 0 Å². The van der Waals surface area contributed by atoms with Gasteiger partial charge >= 0.3 is 5.97 Å². The normalized spacial score (nSPS) is 32.3. The van der Waals surface area contributed by atoms with Gasteiger partial charge in [0.1, 0.15) is 6.61 Å². The highest BCUT2D eigenvalue weighted by atomic mass is 79.9. The van der Waals surface area contributed by atoms with Crippen LogP contribution < -0.4 is 5.32 Å². The molecule has 1 heterocycles. The van der Waals surface area contributed by atoms with Crippen molar-refractivity contribution in [1.82, 2.24) is 4.98 Å². The number of aryl methyl sites for hydroxylation is 1. The van der Waals surface area contributed by atoms with Crippen molar-refractivity contribution in [2.45, 2.75) is 62.8 Å². The number of halogens is 1. The molecular weight excluding hydrogens is 448 g/mol. The van der Waals surface area contributed by atoms with Crippen LogP contribution in [0.3, 0.4) is 0 Å². The number of nitrogens with zero attached hydrogens (tertiary/aromatic N) is 1. The van der Waals surface area contributed by atoms with Crippen LogP contribution in [0.1, 0.15) is 56.2 Å². The van der Waals surface area contributed by atoms with Gasteiger partial charge in [-0.25, -0.2) is 4.98 Å². The molecule has 1 N–H and O–H groups in total. The molecule has 0 amide bonds. The summed E-state index contributed by atoms with van der Waals surface area (Å²) < 4.78 is 5.92. The summed E-state index contributed by atoms with van der Waals surface area (Å²) in [5.41, 5.74) is 3.21. The molecule has 4 bridgehead atoms. The number of rotatable bonds is 6. The molecule has 0 radical (unpaired) electrons. The van der Waals surface area contributed by atoms with Gasteiger partial charge in [-0.2, -0.15) is 0 Å². The number of hydrogen-bond acceptors (Lipinski definition) is 5. The molecule has 4 nitrogen and oxygen atoms in total. The summed E-state index contributed by atoms with van der Waals surface area (Å²) in [7, 11) is 0. The third-order valence-corrected chi connectivity index (χ3v) is 8.60. The standard InChI is InChI=1S/C23H27BrN2O2S/c1-15-2-4-18(5-3-15)25-21-26-19(13-29-21)12-28-20(27)11-22-7-16-6-17(8-22)10-23(24,9-16)14-22/h2-5,13,16-17H,6-12,14H2,1H3,(H,25,26)/t16-,17-,22?,23?/m1/s1. The van der Waals surface area contributed by atoms with Crippen LogP contribution in [0.4, 0.5) is 10.8 Å². The number of esters is 1. The first-order chi connectivity index (χ1) is 13.9. The minimum atomic E-state index is -0.0657. The van der Waals surface area contributed by atoms with E-state index in [1.54, 1.807) is 0 Å². The van der Waals surface area contributed by atoms with Gasteiger partial charge in [-0.15, -0.1) is 11.3 Å². The van der Waals surface area contributed by atoms with Crippen molar-refractivity contribution in [1.29, 1.82) is 0 Å². The summed E-state index contributed by atoms with van der Waals surface area (Å²) in [5, 5.41) is 6.09. The molecule has 4 fully saturated rings. The first kappa shape index (κ1) is 19.6. The first-order valence-electron chi connectivity index (χ1n) is 10.5. The number of aromatic nitrogens is 1. The molecule has 0 saturated heterocycles. The Morgan fingerprint density at radius 1 is 1.24 bits per heavy atom. The maximum atomic E-state index is 12.7. The zero-order chi connectivity index (χ0) is 20.1. The second kappa shape index (κ2) is 7.38. The van der Waals surface area contributed by atoms with E-state index in [1.807, 2.05) is 17.5 Å². The summed E-state index contributed by atoms with van der Waals surface area (Å²) >= 11 is 5.56. The van der Waals surface area contributed by atoms with Crippen LogP contribution in [0.15, 0.2) is 29.6 Å². The number of hydrogen-bond donors (Lipinski definition) is 1. The Morgan fingerprint density at radius 2 is 1.97 bits per heavy atom. The van der Waals surface area contributed by atoms with Crippen LogP contribution >= 0.6 is 27.3 Å². The Labute approximate surface area is 184 Å². The van der Waals surface area contributed by atoms with E-state index in [2.05, 4.69) is 45.3 Å². The molecule has 1 aromatic heterocycles. The van der Waals surface area contributed by atoms with Gasteiger partial charge in [-0.3, -0.25) is 4.79 Å². The van der Waals surface area contributed by atoms with Crippen LogP contribution in [-0.4, -0.2) is 15.3 Å². The molecule has 4 aliphatic rings. The van der Waals surface area contributed by atoms with Crippen LogP contribution in [0.25, 0.3) is 0 Å². The molecule has 0 spiro atoms. The predicted octanol–water partition coefficient (Wildman–Crippen LogP) is 6.36. The number of alkyl halides is 1. The van der Waals surface area contributed by atoms with Crippen LogP contribution in [-0.2, 0) is 16.1 Å². The van der Waals surface area contributed by atoms with E-state index in [4.69, 9.17) is 4.74 Å². The number of benzene rings is 1. The van der Waals surface area contributed by atoms with E-state index in [1.165, 1.54) is 49.0 Å². The summed E-state index contributed by atoms with van der Waals surface area (Å²) in [4.78, 5) is 17.2. The minimum Gasteiger partial charge on any atom is -0.459 e. The SMILES string of the molecule is Cc1ccc(Nc2nc(COC(=O)CC34C[C@H]5C[C@@H](CC(Br)(C5)C3)C4)cs2)cc1. The fraction of sp³-hybridized carbons (Fsp3) is 0.565. The number of ether oxygens (including phenoxy) is 1. The fourth-order valence-electron chi connectivity index (χ4n) is 6.25. The Morgan fingerprint density at radius 3 is 2.66 bits per heavy atom. The molecule has 2 aromatic rings. The number of anilines is 2. The topological polar surface area (TPSA) is 51.2 Å². The molecule has 6 heteroatoms. The second-order valence-electron chi connectivity index (χ2n) is 9.58. The van der Waals surface area contributed by atoms with E-state index in [0.717, 1.165) is 34.8 Å². The van der Waals surface area contributed by atoms with Gasteiger partial charge in [0.05, 0.1) is 12.1 Å². The molecule has 0 unspecified atom stereocenters. The van der Waals surface area contributed by atoms with Crippen LogP contribution in [0, 0.1) is 24.2 Å². The van der Waals surface area contributed by atoms with Crippen molar-refractivity contribution in [2.75, 3.05) is 5.32 Å². The van der Waals surface area contributed by atoms with Crippen molar-refractivity contribution < 1.29 is 9.53 Å². The monoisotopic (exact) mass is 474 g/mol. The molecule has 1 aromatic carbocycles. The summed E-state index contributed by atoms with van der Waals surface area (Å²) in [5.74, 6) is 1.51. The van der Waals surface area contributed by atoms with Gasteiger partial charge in [0, 0.05) is 15.4 Å². The Kier molecular flexibility index (Phi) is 4.98. The Hall–Kier alpha value is -1.40. The zero-order valence-electron chi connectivity index (χ0n) is 16.7. The largest absolute Gasteiger partial charge is 0.459 e. The lowest BCUT2D eigenvalue weighted by Crippen LogP contribution is -2.53. The summed E-state index contributed by atoms with van der Waals surface area (Å²) in [6.45, 7) is 2.33. The number of thiazole rings is 1. The van der Waals surface area contributed by atoms with Crippen LogP contribution in [0.2, 0.25) is 0 Å².